The number of benzene rings is 3. The summed E-state index contributed by atoms with van der Waals surface area (Å²) in [7, 11) is 1.56. The summed E-state index contributed by atoms with van der Waals surface area (Å²) in [5.41, 5.74) is 2.24. The van der Waals surface area contributed by atoms with Gasteiger partial charge in [-0.25, -0.2) is 0 Å². The predicted molar refractivity (Wildman–Crippen MR) is 139 cm³/mol. The number of nitrogens with zero attached hydrogens (tertiary/aromatic N) is 1. The molecule has 1 aliphatic rings. The minimum atomic E-state index is -0.742. The SMILES string of the molecule is CCCCOc1cccc(C(O)=C2C(=O)C(=O)N(CCc3ccccc3)C2c2cccc(OC)c2)c1. The van der Waals surface area contributed by atoms with Crippen LogP contribution in [0.25, 0.3) is 5.76 Å². The number of aliphatic hydroxyl groups is 1. The van der Waals surface area contributed by atoms with Gasteiger partial charge < -0.3 is 19.5 Å². The average Bonchev–Trinajstić information content (AvgIpc) is 3.17. The lowest BCUT2D eigenvalue weighted by Gasteiger charge is -2.25. The van der Waals surface area contributed by atoms with Gasteiger partial charge in [-0.05, 0) is 48.2 Å². The maximum Gasteiger partial charge on any atom is 0.295 e. The molecular weight excluding hydrogens is 454 g/mol. The first kappa shape index (κ1) is 25.0. The van der Waals surface area contributed by atoms with Crippen LogP contribution in [0.2, 0.25) is 0 Å². The zero-order valence-corrected chi connectivity index (χ0v) is 20.6. The normalized spacial score (nSPS) is 16.8. The van der Waals surface area contributed by atoms with Crippen LogP contribution in [-0.2, 0) is 16.0 Å². The summed E-state index contributed by atoms with van der Waals surface area (Å²) in [4.78, 5) is 28.1. The average molecular weight is 486 g/mol. The Balaban J connectivity index is 1.75. The summed E-state index contributed by atoms with van der Waals surface area (Å²) in [6, 6.07) is 23.3. The molecule has 1 unspecified atom stereocenters. The van der Waals surface area contributed by atoms with Crippen molar-refractivity contribution >= 4 is 17.4 Å². The Morgan fingerprint density at radius 2 is 1.69 bits per heavy atom. The lowest BCUT2D eigenvalue weighted by Crippen LogP contribution is -2.31. The third-order valence-corrected chi connectivity index (χ3v) is 6.31. The summed E-state index contributed by atoms with van der Waals surface area (Å²) >= 11 is 0. The second-order valence-corrected chi connectivity index (χ2v) is 8.73. The van der Waals surface area contributed by atoms with E-state index in [2.05, 4.69) is 6.92 Å². The molecule has 36 heavy (non-hydrogen) atoms. The Morgan fingerprint density at radius 3 is 2.44 bits per heavy atom. The van der Waals surface area contributed by atoms with Crippen molar-refractivity contribution in [3.8, 4) is 11.5 Å². The quantitative estimate of drug-likeness (QED) is 0.177. The van der Waals surface area contributed by atoms with Gasteiger partial charge in [0.1, 0.15) is 17.3 Å². The number of hydrogen-bond donors (Lipinski definition) is 1. The fraction of sp³-hybridized carbons (Fsp3) is 0.267. The molecule has 1 atom stereocenters. The molecule has 0 aromatic heterocycles. The molecule has 0 saturated carbocycles. The maximum atomic E-state index is 13.3. The lowest BCUT2D eigenvalue weighted by atomic mass is 9.95. The molecule has 0 bridgehead atoms. The van der Waals surface area contributed by atoms with Gasteiger partial charge in [0.05, 0.1) is 25.3 Å². The highest BCUT2D eigenvalue weighted by Crippen LogP contribution is 2.40. The Hall–Kier alpha value is -4.06. The van der Waals surface area contributed by atoms with Crippen LogP contribution in [0.1, 0.15) is 42.5 Å². The molecule has 1 fully saturated rings. The standard InChI is InChI=1S/C30H31NO5/c1-3-4-18-36-25-15-9-13-23(20-25)28(32)26-27(22-12-8-14-24(19-22)35-2)31(30(34)29(26)33)17-16-21-10-6-5-7-11-21/h5-15,19-20,27,32H,3-4,16-18H2,1-2H3. The second kappa shape index (κ2) is 11.6. The van der Waals surface area contributed by atoms with Crippen LogP contribution in [0.4, 0.5) is 0 Å². The maximum absolute atomic E-state index is 13.3. The number of ether oxygens (including phenoxy) is 2. The molecule has 0 spiro atoms. The van der Waals surface area contributed by atoms with Crippen molar-refractivity contribution < 1.29 is 24.2 Å². The van der Waals surface area contributed by atoms with E-state index in [1.165, 1.54) is 4.90 Å². The highest BCUT2D eigenvalue weighted by molar-refractivity contribution is 6.46. The monoisotopic (exact) mass is 485 g/mol. The molecule has 0 aliphatic carbocycles. The van der Waals surface area contributed by atoms with Gasteiger partial charge in [0.25, 0.3) is 11.7 Å². The molecule has 1 N–H and O–H groups in total. The van der Waals surface area contributed by atoms with Gasteiger partial charge in [-0.2, -0.15) is 0 Å². The van der Waals surface area contributed by atoms with Crippen LogP contribution in [-0.4, -0.2) is 42.0 Å². The van der Waals surface area contributed by atoms with Crippen molar-refractivity contribution in [3.63, 3.8) is 0 Å². The Kier molecular flexibility index (Phi) is 8.06. The minimum absolute atomic E-state index is 0.0621. The number of Topliss-reactive ketones (excluding diaryl/α,β-unsaturated/α-hetero) is 1. The second-order valence-electron chi connectivity index (χ2n) is 8.73. The largest absolute Gasteiger partial charge is 0.507 e. The molecule has 6 heteroatoms. The molecule has 186 valence electrons. The van der Waals surface area contributed by atoms with Crippen LogP contribution in [0, 0.1) is 0 Å². The van der Waals surface area contributed by atoms with E-state index in [-0.39, 0.29) is 11.3 Å². The molecule has 0 radical (unpaired) electrons. The number of ketones is 1. The van der Waals surface area contributed by atoms with E-state index in [1.807, 2.05) is 48.5 Å². The van der Waals surface area contributed by atoms with Gasteiger partial charge in [0, 0.05) is 12.1 Å². The van der Waals surface area contributed by atoms with Gasteiger partial charge in [-0.3, -0.25) is 9.59 Å². The third kappa shape index (κ3) is 5.43. The lowest BCUT2D eigenvalue weighted by molar-refractivity contribution is -0.139. The number of hydrogen-bond acceptors (Lipinski definition) is 5. The van der Waals surface area contributed by atoms with Crippen molar-refractivity contribution in [2.75, 3.05) is 20.3 Å². The van der Waals surface area contributed by atoms with Crippen molar-refractivity contribution in [3.05, 3.63) is 101 Å². The molecule has 1 saturated heterocycles. The van der Waals surface area contributed by atoms with Crippen LogP contribution in [0.5, 0.6) is 11.5 Å². The summed E-state index contributed by atoms with van der Waals surface area (Å²) in [5, 5.41) is 11.4. The van der Waals surface area contributed by atoms with Gasteiger partial charge in [0.2, 0.25) is 0 Å². The van der Waals surface area contributed by atoms with Gasteiger partial charge in [-0.1, -0.05) is 67.9 Å². The first-order chi connectivity index (χ1) is 17.5. The van der Waals surface area contributed by atoms with Crippen LogP contribution >= 0.6 is 0 Å². The zero-order valence-electron chi connectivity index (χ0n) is 20.6. The highest BCUT2D eigenvalue weighted by Gasteiger charge is 2.46. The summed E-state index contributed by atoms with van der Waals surface area (Å²) in [5.74, 6) is -0.345. The predicted octanol–water partition coefficient (Wildman–Crippen LogP) is 5.54. The molecule has 3 aromatic rings. The van der Waals surface area contributed by atoms with Gasteiger partial charge >= 0.3 is 0 Å². The fourth-order valence-corrected chi connectivity index (χ4v) is 4.39. The minimum Gasteiger partial charge on any atom is -0.507 e. The molecule has 4 rings (SSSR count). The molecule has 1 aliphatic heterocycles. The van der Waals surface area contributed by atoms with Gasteiger partial charge in [-0.15, -0.1) is 0 Å². The first-order valence-electron chi connectivity index (χ1n) is 12.2. The van der Waals surface area contributed by atoms with Crippen molar-refractivity contribution in [1.82, 2.24) is 4.90 Å². The van der Waals surface area contributed by atoms with E-state index >= 15 is 0 Å². The van der Waals surface area contributed by atoms with E-state index in [9.17, 15) is 14.7 Å². The van der Waals surface area contributed by atoms with Crippen LogP contribution in [0.15, 0.2) is 84.4 Å². The Labute approximate surface area is 211 Å². The first-order valence-corrected chi connectivity index (χ1v) is 12.2. The molecule has 1 amide bonds. The smallest absolute Gasteiger partial charge is 0.295 e. The van der Waals surface area contributed by atoms with E-state index in [4.69, 9.17) is 9.47 Å². The van der Waals surface area contributed by atoms with Crippen molar-refractivity contribution in [2.45, 2.75) is 32.2 Å². The van der Waals surface area contributed by atoms with Crippen LogP contribution in [0.3, 0.4) is 0 Å². The summed E-state index contributed by atoms with van der Waals surface area (Å²) in [6.07, 6.45) is 2.50. The van der Waals surface area contributed by atoms with Crippen molar-refractivity contribution in [1.29, 1.82) is 0 Å². The summed E-state index contributed by atoms with van der Waals surface area (Å²) < 4.78 is 11.2. The molecule has 6 nitrogen and oxygen atoms in total. The van der Waals surface area contributed by atoms with E-state index in [0.29, 0.717) is 42.2 Å². The molecular formula is C30H31NO5. The fourth-order valence-electron chi connectivity index (χ4n) is 4.39. The third-order valence-electron chi connectivity index (χ3n) is 6.31. The number of unbranched alkanes of at least 4 members (excludes halogenated alkanes) is 1. The zero-order chi connectivity index (χ0) is 25.5. The summed E-state index contributed by atoms with van der Waals surface area (Å²) in [6.45, 7) is 2.98. The number of rotatable bonds is 10. The Bertz CT molecular complexity index is 1250. The Morgan fingerprint density at radius 1 is 0.944 bits per heavy atom. The number of methoxy groups -OCH3 is 1. The van der Waals surface area contributed by atoms with E-state index < -0.39 is 17.7 Å². The van der Waals surface area contributed by atoms with E-state index in [1.54, 1.807) is 37.4 Å². The number of likely N-dealkylation sites (tertiary alicyclic amines) is 1. The number of aliphatic hydroxyl groups excluding tert-OH is 1. The topological polar surface area (TPSA) is 76.1 Å². The number of carbonyl (C=O) groups excluding carboxylic acids is 2. The molecule has 1 heterocycles. The number of amides is 1. The van der Waals surface area contributed by atoms with Crippen LogP contribution < -0.4 is 9.47 Å². The van der Waals surface area contributed by atoms with Gasteiger partial charge in [0.15, 0.2) is 0 Å². The highest BCUT2D eigenvalue weighted by atomic mass is 16.5. The van der Waals surface area contributed by atoms with Crippen molar-refractivity contribution in [2.24, 2.45) is 0 Å². The number of carbonyl (C=O) groups is 2. The molecule has 3 aromatic carbocycles. The van der Waals surface area contributed by atoms with E-state index in [0.717, 1.165) is 18.4 Å².